The molecular formula is C17H31ClN2. The first kappa shape index (κ1) is 15.1. The molecule has 1 aliphatic carbocycles. The van der Waals surface area contributed by atoms with Gasteiger partial charge in [0.15, 0.2) is 0 Å². The quantitative estimate of drug-likeness (QED) is 0.798. The maximum absolute atomic E-state index is 6.38. The fourth-order valence-corrected chi connectivity index (χ4v) is 5.04. The van der Waals surface area contributed by atoms with E-state index in [4.69, 9.17) is 11.6 Å². The molecule has 0 aromatic carbocycles. The van der Waals surface area contributed by atoms with Crippen molar-refractivity contribution >= 4 is 11.6 Å². The average Bonchev–Trinajstić information content (AvgIpc) is 2.49. The Hall–Kier alpha value is 0.210. The Morgan fingerprint density at radius 1 is 0.950 bits per heavy atom. The molecule has 0 bridgehead atoms. The summed E-state index contributed by atoms with van der Waals surface area (Å²) < 4.78 is 0. The van der Waals surface area contributed by atoms with E-state index in [1.807, 2.05) is 0 Å². The molecule has 1 saturated carbocycles. The van der Waals surface area contributed by atoms with Crippen LogP contribution in [0.25, 0.3) is 0 Å². The van der Waals surface area contributed by atoms with Gasteiger partial charge in [-0.15, -0.1) is 11.6 Å². The van der Waals surface area contributed by atoms with Gasteiger partial charge in [-0.2, -0.15) is 0 Å². The number of nitrogens with one attached hydrogen (secondary N) is 1. The highest BCUT2D eigenvalue weighted by molar-refractivity contribution is 6.20. The van der Waals surface area contributed by atoms with E-state index in [1.165, 1.54) is 83.8 Å². The maximum Gasteiger partial charge on any atom is 0.0339 e. The SMILES string of the molecule is ClC1CCCC(CN2CCCCC2C2CCCCN2)C1. The topological polar surface area (TPSA) is 15.3 Å². The van der Waals surface area contributed by atoms with Crippen LogP contribution in [0.3, 0.4) is 0 Å². The second kappa shape index (κ2) is 7.47. The average molecular weight is 299 g/mol. The lowest BCUT2D eigenvalue weighted by Crippen LogP contribution is -2.54. The van der Waals surface area contributed by atoms with Crippen LogP contribution in [0.1, 0.15) is 64.2 Å². The zero-order chi connectivity index (χ0) is 13.8. The Balaban J connectivity index is 1.56. The van der Waals surface area contributed by atoms with Gasteiger partial charge in [0.25, 0.3) is 0 Å². The molecule has 2 saturated heterocycles. The van der Waals surface area contributed by atoms with E-state index in [9.17, 15) is 0 Å². The summed E-state index contributed by atoms with van der Waals surface area (Å²) in [6.45, 7) is 3.88. The summed E-state index contributed by atoms with van der Waals surface area (Å²) in [5.74, 6) is 0.857. The second-order valence-corrected chi connectivity index (χ2v) is 7.86. The predicted octanol–water partition coefficient (Wildman–Crippen LogP) is 3.78. The molecule has 0 aromatic heterocycles. The predicted molar refractivity (Wildman–Crippen MR) is 86.5 cm³/mol. The smallest absolute Gasteiger partial charge is 0.0339 e. The first-order valence-corrected chi connectivity index (χ1v) is 9.38. The van der Waals surface area contributed by atoms with Crippen molar-refractivity contribution in [1.82, 2.24) is 10.2 Å². The van der Waals surface area contributed by atoms with Gasteiger partial charge in [-0.05, 0) is 64.0 Å². The fourth-order valence-electron chi connectivity index (χ4n) is 4.63. The summed E-state index contributed by atoms with van der Waals surface area (Å²) in [6.07, 6.45) is 13.7. The Labute approximate surface area is 129 Å². The molecule has 3 rings (SSSR count). The van der Waals surface area contributed by atoms with Crippen molar-refractivity contribution in [2.24, 2.45) is 5.92 Å². The Bertz CT molecular complexity index is 291. The summed E-state index contributed by atoms with van der Waals surface area (Å²) in [5.41, 5.74) is 0. The molecule has 0 amide bonds. The van der Waals surface area contributed by atoms with Crippen molar-refractivity contribution in [3.05, 3.63) is 0 Å². The normalized spacial score (nSPS) is 40.6. The zero-order valence-corrected chi connectivity index (χ0v) is 13.6. The van der Waals surface area contributed by atoms with Crippen LogP contribution in [0.4, 0.5) is 0 Å². The van der Waals surface area contributed by atoms with Crippen molar-refractivity contribution in [2.45, 2.75) is 81.7 Å². The Morgan fingerprint density at radius 2 is 1.85 bits per heavy atom. The van der Waals surface area contributed by atoms with Crippen LogP contribution in [-0.4, -0.2) is 42.0 Å². The minimum absolute atomic E-state index is 0.449. The molecule has 20 heavy (non-hydrogen) atoms. The van der Waals surface area contributed by atoms with Gasteiger partial charge in [0, 0.05) is 24.0 Å². The second-order valence-electron chi connectivity index (χ2n) is 7.24. The van der Waals surface area contributed by atoms with Crippen molar-refractivity contribution in [2.75, 3.05) is 19.6 Å². The van der Waals surface area contributed by atoms with Crippen molar-refractivity contribution < 1.29 is 0 Å². The molecule has 4 unspecified atom stereocenters. The van der Waals surface area contributed by atoms with Crippen LogP contribution in [0.15, 0.2) is 0 Å². The van der Waals surface area contributed by atoms with Gasteiger partial charge in [-0.1, -0.05) is 19.3 Å². The first-order chi connectivity index (χ1) is 9.83. The Morgan fingerprint density at radius 3 is 2.65 bits per heavy atom. The molecule has 4 atom stereocenters. The van der Waals surface area contributed by atoms with Crippen molar-refractivity contribution in [1.29, 1.82) is 0 Å². The standard InChI is InChI=1S/C17H31ClN2/c18-15-7-5-6-14(12-15)13-20-11-4-2-9-17(20)16-8-1-3-10-19-16/h14-17,19H,1-13H2. The summed E-state index contributed by atoms with van der Waals surface area (Å²) in [5, 5.41) is 4.25. The van der Waals surface area contributed by atoms with Gasteiger partial charge in [-0.25, -0.2) is 0 Å². The molecule has 2 heterocycles. The lowest BCUT2D eigenvalue weighted by atomic mass is 9.85. The summed E-state index contributed by atoms with van der Waals surface area (Å²) in [7, 11) is 0. The van der Waals surface area contributed by atoms with E-state index in [0.29, 0.717) is 5.38 Å². The van der Waals surface area contributed by atoms with E-state index < -0.39 is 0 Å². The number of rotatable bonds is 3. The van der Waals surface area contributed by atoms with E-state index in [0.717, 1.165) is 18.0 Å². The maximum atomic E-state index is 6.38. The molecule has 2 aliphatic heterocycles. The largest absolute Gasteiger partial charge is 0.312 e. The molecule has 2 nitrogen and oxygen atoms in total. The number of hydrogen-bond acceptors (Lipinski definition) is 2. The van der Waals surface area contributed by atoms with Crippen molar-refractivity contribution in [3.8, 4) is 0 Å². The number of alkyl halides is 1. The summed E-state index contributed by atoms with van der Waals surface area (Å²) in [4.78, 5) is 2.83. The van der Waals surface area contributed by atoms with Crippen molar-refractivity contribution in [3.63, 3.8) is 0 Å². The summed E-state index contributed by atoms with van der Waals surface area (Å²) in [6, 6.07) is 1.57. The van der Waals surface area contributed by atoms with Gasteiger partial charge >= 0.3 is 0 Å². The first-order valence-electron chi connectivity index (χ1n) is 8.94. The van der Waals surface area contributed by atoms with E-state index in [-0.39, 0.29) is 0 Å². The number of halogens is 1. The van der Waals surface area contributed by atoms with Gasteiger partial charge < -0.3 is 5.32 Å². The molecule has 116 valence electrons. The zero-order valence-electron chi connectivity index (χ0n) is 12.8. The number of piperidine rings is 2. The van der Waals surface area contributed by atoms with Gasteiger partial charge in [0.2, 0.25) is 0 Å². The van der Waals surface area contributed by atoms with E-state index >= 15 is 0 Å². The van der Waals surface area contributed by atoms with Crippen LogP contribution >= 0.6 is 11.6 Å². The summed E-state index contributed by atoms with van der Waals surface area (Å²) >= 11 is 6.38. The third-order valence-electron chi connectivity index (χ3n) is 5.69. The monoisotopic (exact) mass is 298 g/mol. The Kier molecular flexibility index (Phi) is 5.64. The number of hydrogen-bond donors (Lipinski definition) is 1. The highest BCUT2D eigenvalue weighted by Crippen LogP contribution is 2.31. The molecule has 3 fully saturated rings. The molecule has 3 heteroatoms. The molecule has 0 aromatic rings. The van der Waals surface area contributed by atoms with E-state index in [1.54, 1.807) is 0 Å². The van der Waals surface area contributed by atoms with Crippen LogP contribution in [0.2, 0.25) is 0 Å². The lowest BCUT2D eigenvalue weighted by Gasteiger charge is -2.44. The van der Waals surface area contributed by atoms with Crippen LogP contribution < -0.4 is 5.32 Å². The molecule has 0 spiro atoms. The van der Waals surface area contributed by atoms with Crippen LogP contribution in [0, 0.1) is 5.92 Å². The van der Waals surface area contributed by atoms with Gasteiger partial charge in [0.1, 0.15) is 0 Å². The van der Waals surface area contributed by atoms with Crippen LogP contribution in [-0.2, 0) is 0 Å². The van der Waals surface area contributed by atoms with E-state index in [2.05, 4.69) is 10.2 Å². The minimum Gasteiger partial charge on any atom is -0.312 e. The molecular weight excluding hydrogens is 268 g/mol. The molecule has 0 radical (unpaired) electrons. The fraction of sp³-hybridized carbons (Fsp3) is 1.00. The number of nitrogens with zero attached hydrogens (tertiary/aromatic N) is 1. The van der Waals surface area contributed by atoms with Crippen LogP contribution in [0.5, 0.6) is 0 Å². The lowest BCUT2D eigenvalue weighted by molar-refractivity contribution is 0.0794. The third kappa shape index (κ3) is 3.90. The van der Waals surface area contributed by atoms with Gasteiger partial charge in [0.05, 0.1) is 0 Å². The minimum atomic E-state index is 0.449. The highest BCUT2D eigenvalue weighted by Gasteiger charge is 2.32. The third-order valence-corrected chi connectivity index (χ3v) is 6.09. The molecule has 1 N–H and O–H groups in total. The highest BCUT2D eigenvalue weighted by atomic mass is 35.5. The number of likely N-dealkylation sites (tertiary alicyclic amines) is 1. The molecule has 3 aliphatic rings. The van der Waals surface area contributed by atoms with Gasteiger partial charge in [-0.3, -0.25) is 4.90 Å².